The van der Waals surface area contributed by atoms with Crippen LogP contribution in [0.5, 0.6) is 0 Å². The molecule has 1 fully saturated rings. The summed E-state index contributed by atoms with van der Waals surface area (Å²) in [6.45, 7) is 0. The number of rotatable bonds is 2. The molecule has 0 radical (unpaired) electrons. The van der Waals surface area contributed by atoms with Crippen molar-refractivity contribution in [3.05, 3.63) is 102 Å². The summed E-state index contributed by atoms with van der Waals surface area (Å²) in [7, 11) is -4.39. The molecule has 1 saturated heterocycles. The van der Waals surface area contributed by atoms with E-state index in [1.807, 2.05) is 42.5 Å². The Labute approximate surface area is 184 Å². The number of amides is 3. The summed E-state index contributed by atoms with van der Waals surface area (Å²) in [5.74, 6) is -0.677. The van der Waals surface area contributed by atoms with E-state index in [-0.39, 0.29) is 4.90 Å². The van der Waals surface area contributed by atoms with Crippen molar-refractivity contribution in [1.29, 1.82) is 0 Å². The fraction of sp³-hybridized carbons (Fsp3) is 0.0400. The van der Waals surface area contributed by atoms with Gasteiger partial charge in [0, 0.05) is 11.1 Å². The van der Waals surface area contributed by atoms with E-state index in [2.05, 4.69) is 5.32 Å². The van der Waals surface area contributed by atoms with Gasteiger partial charge in [0.25, 0.3) is 15.9 Å². The molecule has 0 saturated carbocycles. The molecule has 1 aliphatic carbocycles. The van der Waals surface area contributed by atoms with Gasteiger partial charge in [0.05, 0.1) is 4.90 Å². The molecule has 3 amide bonds. The van der Waals surface area contributed by atoms with E-state index in [0.29, 0.717) is 11.1 Å². The third-order valence-electron chi connectivity index (χ3n) is 6.22. The fourth-order valence-electron chi connectivity index (χ4n) is 4.88. The van der Waals surface area contributed by atoms with Crippen molar-refractivity contribution in [2.45, 2.75) is 10.4 Å². The topological polar surface area (TPSA) is 83.6 Å². The molecule has 32 heavy (non-hydrogen) atoms. The van der Waals surface area contributed by atoms with Gasteiger partial charge in [-0.05, 0) is 34.0 Å². The van der Waals surface area contributed by atoms with Crippen LogP contribution in [0.3, 0.4) is 0 Å². The van der Waals surface area contributed by atoms with E-state index < -0.39 is 27.5 Å². The van der Waals surface area contributed by atoms with Gasteiger partial charge >= 0.3 is 6.03 Å². The van der Waals surface area contributed by atoms with E-state index in [1.165, 1.54) is 12.1 Å². The third kappa shape index (κ3) is 2.20. The lowest BCUT2D eigenvalue weighted by Crippen LogP contribution is -2.49. The van der Waals surface area contributed by atoms with Crippen molar-refractivity contribution in [3.63, 3.8) is 0 Å². The van der Waals surface area contributed by atoms with Crippen molar-refractivity contribution in [1.82, 2.24) is 9.62 Å². The van der Waals surface area contributed by atoms with Crippen molar-refractivity contribution < 1.29 is 18.0 Å². The molecule has 2 aliphatic rings. The lowest BCUT2D eigenvalue weighted by molar-refractivity contribution is -0.124. The number of carbonyl (C=O) groups excluding carboxylic acids is 2. The molecular formula is C25H16N2O4S. The first-order valence-electron chi connectivity index (χ1n) is 10.0. The van der Waals surface area contributed by atoms with E-state index in [1.54, 1.807) is 36.4 Å². The Morgan fingerprint density at radius 2 is 1.25 bits per heavy atom. The summed E-state index contributed by atoms with van der Waals surface area (Å²) in [5, 5.41) is 3.86. The molecule has 4 aromatic carbocycles. The maximum Gasteiger partial charge on any atom is 0.339 e. The van der Waals surface area contributed by atoms with Gasteiger partial charge in [-0.3, -0.25) is 10.1 Å². The number of hydrogen-bond donors (Lipinski definition) is 1. The number of nitrogens with zero attached hydrogens (tertiary/aromatic N) is 1. The minimum atomic E-state index is -4.39. The van der Waals surface area contributed by atoms with Crippen LogP contribution >= 0.6 is 0 Å². The van der Waals surface area contributed by atoms with E-state index >= 15 is 0 Å². The number of hydrogen-bond acceptors (Lipinski definition) is 4. The maximum atomic E-state index is 13.9. The first-order valence-corrected chi connectivity index (χ1v) is 11.5. The van der Waals surface area contributed by atoms with Gasteiger partial charge in [0.1, 0.15) is 0 Å². The van der Waals surface area contributed by atoms with Crippen LogP contribution in [0.1, 0.15) is 11.1 Å². The molecule has 0 atom stereocenters. The molecule has 6 nitrogen and oxygen atoms in total. The standard InChI is InChI=1S/C25H16N2O4S/c28-23-25(21-11-5-3-9-19(21)20-10-4-6-12-22(20)25)27(24(29)26-23)32(30,31)18-14-13-16-7-1-2-8-17(16)15-18/h1-15H,(H,26,28,29). The van der Waals surface area contributed by atoms with E-state index in [0.717, 1.165) is 26.2 Å². The molecule has 1 spiro atoms. The Balaban J connectivity index is 1.66. The fourth-order valence-corrected chi connectivity index (χ4v) is 6.51. The van der Waals surface area contributed by atoms with Crippen molar-refractivity contribution in [2.24, 2.45) is 0 Å². The number of nitrogens with one attached hydrogen (secondary N) is 1. The number of urea groups is 1. The first-order chi connectivity index (χ1) is 15.5. The molecule has 156 valence electrons. The number of imide groups is 1. The molecule has 1 aliphatic heterocycles. The summed E-state index contributed by atoms with van der Waals surface area (Å²) in [4.78, 5) is 26.4. The molecule has 0 aromatic heterocycles. The van der Waals surface area contributed by atoms with Crippen molar-refractivity contribution in [2.75, 3.05) is 0 Å². The third-order valence-corrected chi connectivity index (χ3v) is 7.99. The average Bonchev–Trinajstić information content (AvgIpc) is 3.26. The number of sulfonamides is 1. The molecule has 6 rings (SSSR count). The summed E-state index contributed by atoms with van der Waals surface area (Å²) in [5.41, 5.74) is 0.593. The highest BCUT2D eigenvalue weighted by Gasteiger charge is 2.64. The van der Waals surface area contributed by atoms with Crippen LogP contribution in [0.2, 0.25) is 0 Å². The predicted octanol–water partition coefficient (Wildman–Crippen LogP) is 4.00. The van der Waals surface area contributed by atoms with Crippen molar-refractivity contribution >= 4 is 32.7 Å². The Bertz CT molecular complexity index is 1530. The van der Waals surface area contributed by atoms with Crippen LogP contribution in [-0.4, -0.2) is 24.7 Å². The zero-order valence-electron chi connectivity index (χ0n) is 16.6. The number of benzene rings is 4. The van der Waals surface area contributed by atoms with Gasteiger partial charge < -0.3 is 0 Å². The second kappa shape index (κ2) is 6.27. The van der Waals surface area contributed by atoms with Gasteiger partial charge in [0.15, 0.2) is 5.54 Å². The Kier molecular flexibility index (Phi) is 3.68. The molecule has 0 bridgehead atoms. The van der Waals surface area contributed by atoms with Gasteiger partial charge in [0.2, 0.25) is 0 Å². The normalized spacial score (nSPS) is 16.3. The van der Waals surface area contributed by atoms with E-state index in [9.17, 15) is 18.0 Å². The highest BCUT2D eigenvalue weighted by molar-refractivity contribution is 7.89. The molecule has 4 aromatic rings. The zero-order valence-corrected chi connectivity index (χ0v) is 17.5. The lowest BCUT2D eigenvalue weighted by atomic mass is 9.87. The summed E-state index contributed by atoms with van der Waals surface area (Å²) in [6, 6.07) is 25.3. The van der Waals surface area contributed by atoms with Gasteiger partial charge in [-0.2, -0.15) is 4.31 Å². The first kappa shape index (κ1) is 18.8. The van der Waals surface area contributed by atoms with Crippen LogP contribution in [-0.2, 0) is 20.4 Å². The quantitative estimate of drug-likeness (QED) is 0.478. The van der Waals surface area contributed by atoms with Gasteiger partial charge in [-0.25, -0.2) is 13.2 Å². The van der Waals surface area contributed by atoms with Crippen LogP contribution in [0, 0.1) is 0 Å². The second-order valence-corrected chi connectivity index (χ2v) is 9.63. The van der Waals surface area contributed by atoms with Crippen LogP contribution in [0.15, 0.2) is 95.9 Å². The van der Waals surface area contributed by atoms with Gasteiger partial charge in [-0.15, -0.1) is 0 Å². The summed E-state index contributed by atoms with van der Waals surface area (Å²) >= 11 is 0. The summed E-state index contributed by atoms with van der Waals surface area (Å²) < 4.78 is 28.6. The Hall–Kier alpha value is -3.97. The molecule has 7 heteroatoms. The van der Waals surface area contributed by atoms with Crippen LogP contribution in [0.4, 0.5) is 4.79 Å². The Morgan fingerprint density at radius 3 is 1.91 bits per heavy atom. The second-order valence-electron chi connectivity index (χ2n) is 7.84. The smallest absolute Gasteiger partial charge is 0.274 e. The predicted molar refractivity (Wildman–Crippen MR) is 119 cm³/mol. The van der Waals surface area contributed by atoms with Gasteiger partial charge in [-0.1, -0.05) is 78.9 Å². The molecule has 1 N–H and O–H groups in total. The summed E-state index contributed by atoms with van der Waals surface area (Å²) in [6.07, 6.45) is 0. The molecule has 0 unspecified atom stereocenters. The zero-order chi connectivity index (χ0) is 22.1. The minimum Gasteiger partial charge on any atom is -0.274 e. The van der Waals surface area contributed by atoms with Crippen LogP contribution in [0.25, 0.3) is 21.9 Å². The molecule has 1 heterocycles. The number of fused-ring (bicyclic) bond motifs is 6. The maximum absolute atomic E-state index is 13.9. The molecular weight excluding hydrogens is 424 g/mol. The number of carbonyl (C=O) groups is 2. The van der Waals surface area contributed by atoms with Crippen LogP contribution < -0.4 is 5.32 Å². The largest absolute Gasteiger partial charge is 0.339 e. The SMILES string of the molecule is O=C1NC(=O)C2(c3ccccc3-c3ccccc32)N1S(=O)(=O)c1ccc2ccccc2c1. The minimum absolute atomic E-state index is 0.0534. The highest BCUT2D eigenvalue weighted by atomic mass is 32.2. The average molecular weight is 440 g/mol. The monoisotopic (exact) mass is 440 g/mol. The van der Waals surface area contributed by atoms with E-state index in [4.69, 9.17) is 0 Å². The van der Waals surface area contributed by atoms with Crippen molar-refractivity contribution in [3.8, 4) is 11.1 Å². The highest BCUT2D eigenvalue weighted by Crippen LogP contribution is 2.54. The Morgan fingerprint density at radius 1 is 0.688 bits per heavy atom. The lowest BCUT2D eigenvalue weighted by Gasteiger charge is -2.32.